The van der Waals surface area contributed by atoms with Crippen LogP contribution in [0.2, 0.25) is 0 Å². The van der Waals surface area contributed by atoms with Gasteiger partial charge in [-0.05, 0) is 74.3 Å². The Kier molecular flexibility index (Phi) is 5.06. The molecule has 0 spiro atoms. The highest BCUT2D eigenvalue weighted by molar-refractivity contribution is 5.92. The Morgan fingerprint density at radius 1 is 1.31 bits per heavy atom. The molecule has 1 aromatic carbocycles. The number of carbonyl (C=O) groups is 1. The topological polar surface area (TPSA) is 61.8 Å². The monoisotopic (exact) mass is 360 g/mol. The van der Waals surface area contributed by atoms with Crippen molar-refractivity contribution in [1.82, 2.24) is 4.90 Å². The number of aliphatic hydroxyl groups is 1. The molecule has 1 unspecified atom stereocenters. The van der Waals surface area contributed by atoms with Gasteiger partial charge in [0, 0.05) is 6.92 Å². The van der Waals surface area contributed by atoms with Crippen LogP contribution in [0.4, 0.5) is 5.69 Å². The van der Waals surface area contributed by atoms with Crippen LogP contribution in [0.5, 0.6) is 5.75 Å². The van der Waals surface area contributed by atoms with Crippen molar-refractivity contribution in [1.29, 1.82) is 0 Å². The lowest BCUT2D eigenvalue weighted by molar-refractivity contribution is -0.142. The third-order valence-electron chi connectivity index (χ3n) is 6.55. The normalized spacial score (nSPS) is 26.2. The molecule has 1 atom stereocenters. The average Bonchev–Trinajstić information content (AvgIpc) is 2.58. The first-order valence-electron chi connectivity index (χ1n) is 9.59. The molecule has 0 aromatic heterocycles. The zero-order valence-corrected chi connectivity index (χ0v) is 16.7. The molecule has 1 saturated heterocycles. The summed E-state index contributed by atoms with van der Waals surface area (Å²) in [6.07, 6.45) is 3.67. The van der Waals surface area contributed by atoms with Crippen LogP contribution in [0.15, 0.2) is 12.1 Å². The van der Waals surface area contributed by atoms with Crippen LogP contribution in [-0.4, -0.2) is 43.2 Å². The summed E-state index contributed by atoms with van der Waals surface area (Å²) < 4.78 is 5.49. The van der Waals surface area contributed by atoms with Crippen LogP contribution in [0.3, 0.4) is 0 Å². The van der Waals surface area contributed by atoms with Crippen LogP contribution in [0, 0.1) is 11.3 Å². The Morgan fingerprint density at radius 2 is 1.96 bits per heavy atom. The number of piperidine rings is 1. The Bertz CT molecular complexity index is 693. The number of nitrogens with one attached hydrogen (secondary N) is 1. The van der Waals surface area contributed by atoms with Gasteiger partial charge in [0.05, 0.1) is 18.4 Å². The zero-order valence-electron chi connectivity index (χ0n) is 16.7. The van der Waals surface area contributed by atoms with E-state index in [0.29, 0.717) is 5.75 Å². The van der Waals surface area contributed by atoms with Crippen molar-refractivity contribution in [3.05, 3.63) is 23.3 Å². The second kappa shape index (κ2) is 6.86. The molecule has 2 N–H and O–H groups in total. The molecule has 1 aliphatic carbocycles. The van der Waals surface area contributed by atoms with Crippen molar-refractivity contribution in [2.45, 2.75) is 52.1 Å². The first kappa shape index (κ1) is 19.2. The molecule has 0 saturated carbocycles. The predicted molar refractivity (Wildman–Crippen MR) is 104 cm³/mol. The Labute approximate surface area is 156 Å². The summed E-state index contributed by atoms with van der Waals surface area (Å²) in [7, 11) is 3.75. The van der Waals surface area contributed by atoms with Crippen molar-refractivity contribution in [3.63, 3.8) is 0 Å². The van der Waals surface area contributed by atoms with Gasteiger partial charge in [-0.3, -0.25) is 4.79 Å². The molecule has 5 nitrogen and oxygen atoms in total. The number of methoxy groups -OCH3 is 1. The first-order chi connectivity index (χ1) is 12.2. The number of amides is 1. The minimum Gasteiger partial charge on any atom is -0.495 e. The van der Waals surface area contributed by atoms with Gasteiger partial charge < -0.3 is 20.1 Å². The SMILES string of the molecule is COc1ccc2c(c1NC(C)=O)CCC(C)(C)C2(O)C1CCN(C)CC1. The fraction of sp³-hybridized carbons (Fsp3) is 0.667. The fourth-order valence-electron chi connectivity index (χ4n) is 4.92. The molecule has 1 aromatic rings. The molecule has 2 aliphatic rings. The summed E-state index contributed by atoms with van der Waals surface area (Å²) in [6, 6.07) is 3.89. The van der Waals surface area contributed by atoms with Crippen LogP contribution in [0.25, 0.3) is 0 Å². The number of likely N-dealkylation sites (tertiary alicyclic amines) is 1. The maximum atomic E-state index is 12.1. The maximum absolute atomic E-state index is 12.1. The number of hydrogen-bond acceptors (Lipinski definition) is 4. The highest BCUT2D eigenvalue weighted by atomic mass is 16.5. The minimum absolute atomic E-state index is 0.121. The molecule has 0 radical (unpaired) electrons. The van der Waals surface area contributed by atoms with Gasteiger partial charge in [0.2, 0.25) is 5.91 Å². The van der Waals surface area contributed by atoms with E-state index in [2.05, 4.69) is 31.1 Å². The molecular weight excluding hydrogens is 328 g/mol. The Morgan fingerprint density at radius 3 is 2.54 bits per heavy atom. The summed E-state index contributed by atoms with van der Waals surface area (Å²) in [5.74, 6) is 0.750. The second-order valence-corrected chi connectivity index (χ2v) is 8.58. The van der Waals surface area contributed by atoms with Crippen LogP contribution < -0.4 is 10.1 Å². The number of anilines is 1. The smallest absolute Gasteiger partial charge is 0.221 e. The van der Waals surface area contributed by atoms with Gasteiger partial charge in [0.15, 0.2) is 0 Å². The molecule has 5 heteroatoms. The third kappa shape index (κ3) is 3.01. The van der Waals surface area contributed by atoms with E-state index in [1.54, 1.807) is 7.11 Å². The number of hydrogen-bond donors (Lipinski definition) is 2. The van der Waals surface area contributed by atoms with Gasteiger partial charge in [-0.2, -0.15) is 0 Å². The van der Waals surface area contributed by atoms with Crippen molar-refractivity contribution in [2.24, 2.45) is 11.3 Å². The number of benzene rings is 1. The van der Waals surface area contributed by atoms with E-state index >= 15 is 0 Å². The Balaban J connectivity index is 2.13. The summed E-state index contributed by atoms with van der Waals surface area (Å²) in [4.78, 5) is 14.1. The summed E-state index contributed by atoms with van der Waals surface area (Å²) in [5, 5.41) is 15.1. The van der Waals surface area contributed by atoms with Gasteiger partial charge in [-0.1, -0.05) is 19.9 Å². The molecule has 144 valence electrons. The van der Waals surface area contributed by atoms with E-state index in [1.807, 2.05) is 12.1 Å². The molecule has 1 amide bonds. The lowest BCUT2D eigenvalue weighted by Gasteiger charge is -2.53. The summed E-state index contributed by atoms with van der Waals surface area (Å²) >= 11 is 0. The van der Waals surface area contributed by atoms with Gasteiger partial charge in [0.1, 0.15) is 5.75 Å². The van der Waals surface area contributed by atoms with Gasteiger partial charge in [-0.25, -0.2) is 0 Å². The molecule has 1 fully saturated rings. The minimum atomic E-state index is -0.901. The Hall–Kier alpha value is -1.59. The van der Waals surface area contributed by atoms with E-state index in [1.165, 1.54) is 6.92 Å². The molecule has 26 heavy (non-hydrogen) atoms. The number of fused-ring (bicyclic) bond motifs is 1. The largest absolute Gasteiger partial charge is 0.495 e. The van der Waals surface area contributed by atoms with E-state index in [-0.39, 0.29) is 17.2 Å². The lowest BCUT2D eigenvalue weighted by Crippen LogP contribution is -2.53. The zero-order chi connectivity index (χ0) is 19.1. The van der Waals surface area contributed by atoms with Crippen molar-refractivity contribution >= 4 is 11.6 Å². The lowest BCUT2D eigenvalue weighted by atomic mass is 9.56. The molecule has 1 aliphatic heterocycles. The van der Waals surface area contributed by atoms with E-state index < -0.39 is 5.60 Å². The molecule has 0 bridgehead atoms. The number of nitrogens with zero attached hydrogens (tertiary/aromatic N) is 1. The highest BCUT2D eigenvalue weighted by Gasteiger charge is 2.54. The summed E-state index contributed by atoms with van der Waals surface area (Å²) in [5.41, 5.74) is 1.59. The first-order valence-corrected chi connectivity index (χ1v) is 9.59. The predicted octanol–water partition coefficient (Wildman–Crippen LogP) is 3.16. The number of carbonyl (C=O) groups excluding carboxylic acids is 1. The van der Waals surface area contributed by atoms with Crippen molar-refractivity contribution in [3.8, 4) is 5.75 Å². The maximum Gasteiger partial charge on any atom is 0.221 e. The van der Waals surface area contributed by atoms with Gasteiger partial charge in [-0.15, -0.1) is 0 Å². The van der Waals surface area contributed by atoms with E-state index in [9.17, 15) is 9.90 Å². The summed E-state index contributed by atoms with van der Waals surface area (Å²) in [6.45, 7) is 7.88. The fourth-order valence-corrected chi connectivity index (χ4v) is 4.92. The van der Waals surface area contributed by atoms with Gasteiger partial charge >= 0.3 is 0 Å². The number of rotatable bonds is 3. The molecular formula is C21H32N2O3. The van der Waals surface area contributed by atoms with E-state index in [4.69, 9.17) is 4.74 Å². The van der Waals surface area contributed by atoms with Crippen molar-refractivity contribution in [2.75, 3.05) is 32.6 Å². The number of ether oxygens (including phenoxy) is 1. The van der Waals surface area contributed by atoms with Crippen molar-refractivity contribution < 1.29 is 14.6 Å². The highest BCUT2D eigenvalue weighted by Crippen LogP contribution is 2.56. The standard InChI is InChI=1S/C21H32N2O3/c1-14(24)22-19-16-8-11-20(2,3)21(25,15-9-12-23(4)13-10-15)17(16)6-7-18(19)26-5/h6-7,15,25H,8-13H2,1-5H3,(H,22,24). The molecule has 1 heterocycles. The van der Waals surface area contributed by atoms with Crippen LogP contribution in [0.1, 0.15) is 51.2 Å². The molecule has 3 rings (SSSR count). The van der Waals surface area contributed by atoms with Crippen LogP contribution >= 0.6 is 0 Å². The third-order valence-corrected chi connectivity index (χ3v) is 6.55. The van der Waals surface area contributed by atoms with E-state index in [0.717, 1.165) is 55.6 Å². The van der Waals surface area contributed by atoms with Crippen LogP contribution in [-0.2, 0) is 16.8 Å². The quantitative estimate of drug-likeness (QED) is 0.869. The average molecular weight is 360 g/mol. The second-order valence-electron chi connectivity index (χ2n) is 8.58. The van der Waals surface area contributed by atoms with Gasteiger partial charge in [0.25, 0.3) is 0 Å².